The van der Waals surface area contributed by atoms with E-state index in [9.17, 15) is 0 Å². The average molecular weight is 755 g/mol. The van der Waals surface area contributed by atoms with Gasteiger partial charge in [-0.2, -0.15) is 0 Å². The Bertz CT molecular complexity index is 3120. The molecule has 0 aliphatic heterocycles. The van der Waals surface area contributed by atoms with Crippen molar-refractivity contribution in [3.05, 3.63) is 175 Å². The van der Waals surface area contributed by atoms with Crippen molar-refractivity contribution in [3.8, 4) is 56.4 Å². The van der Waals surface area contributed by atoms with E-state index < -0.39 is 0 Å². The second-order valence-electron chi connectivity index (χ2n) is 14.8. The quantitative estimate of drug-likeness (QED) is 0.133. The van der Waals surface area contributed by atoms with Gasteiger partial charge in [-0.1, -0.05) is 44.2 Å². The van der Waals surface area contributed by atoms with E-state index in [2.05, 4.69) is 159 Å². The molecule has 3 nitrogen and oxygen atoms in total. The van der Waals surface area contributed by atoms with Crippen molar-refractivity contribution >= 4 is 55.3 Å². The fourth-order valence-corrected chi connectivity index (χ4v) is 11.5. The van der Waals surface area contributed by atoms with Gasteiger partial charge in [0.1, 0.15) is 0 Å². The Kier molecular flexibility index (Phi) is 6.91. The Morgan fingerprint density at radius 1 is 0.389 bits per heavy atom. The minimum atomic E-state index is -0.118. The average Bonchev–Trinajstić information content (AvgIpc) is 3.73. The van der Waals surface area contributed by atoms with Gasteiger partial charge in [-0.15, -0.1) is 0 Å². The molecule has 0 radical (unpaired) electrons. The molecular weight excluding hydrogens is 722 g/mol. The zero-order valence-electron chi connectivity index (χ0n) is 29.8. The second kappa shape index (κ2) is 11.9. The predicted molar refractivity (Wildman–Crippen MR) is 226 cm³/mol. The number of benzene rings is 8. The van der Waals surface area contributed by atoms with Gasteiger partial charge >= 0.3 is 255 Å². The number of fused-ring (bicyclic) bond motifs is 10. The molecule has 0 spiro atoms. The molecule has 1 aliphatic carbocycles. The van der Waals surface area contributed by atoms with Crippen LogP contribution in [-0.2, 0) is 5.41 Å². The van der Waals surface area contributed by atoms with Gasteiger partial charge in [-0.3, -0.25) is 0 Å². The fraction of sp³-hybridized carbons (Fsp3) is 0.0600. The van der Waals surface area contributed by atoms with E-state index in [0.29, 0.717) is 17.5 Å². The molecular formula is C50H33N3Se. The van der Waals surface area contributed by atoms with Gasteiger partial charge in [-0.25, -0.2) is 0 Å². The standard InChI is InChI=1S/C50H33N3Se/c1-50(2)42-19-10-9-16-38(42)39-26-24-35(29-43(39)50)49-52-47(32-14-7-4-8-15-32)51-48(53-49)34-23-25-36-33(28-34)21-20-31-22-27-41-40-18-11-17-37(30-12-5-3-6-13-30)45(40)54-46(41)44(31)36/h3-29H,1-2H3. The summed E-state index contributed by atoms with van der Waals surface area (Å²) in [5.74, 6) is 2.02. The number of nitrogens with zero attached hydrogens (tertiary/aromatic N) is 3. The van der Waals surface area contributed by atoms with Gasteiger partial charge in [0.25, 0.3) is 0 Å². The molecule has 0 atom stereocenters. The van der Waals surface area contributed by atoms with Crippen molar-refractivity contribution in [1.29, 1.82) is 0 Å². The molecule has 0 N–H and O–H groups in total. The van der Waals surface area contributed by atoms with Crippen molar-refractivity contribution in [1.82, 2.24) is 15.0 Å². The van der Waals surface area contributed by atoms with Crippen molar-refractivity contribution in [2.24, 2.45) is 0 Å². The Morgan fingerprint density at radius 2 is 0.963 bits per heavy atom. The molecule has 0 saturated carbocycles. The van der Waals surface area contributed by atoms with Crippen molar-refractivity contribution < 1.29 is 0 Å². The molecule has 0 fully saturated rings. The zero-order chi connectivity index (χ0) is 36.0. The third-order valence-corrected chi connectivity index (χ3v) is 14.0. The van der Waals surface area contributed by atoms with E-state index in [1.54, 1.807) is 0 Å². The van der Waals surface area contributed by atoms with Gasteiger partial charge < -0.3 is 0 Å². The monoisotopic (exact) mass is 755 g/mol. The normalized spacial score (nSPS) is 13.1. The first-order chi connectivity index (χ1) is 26.5. The third kappa shape index (κ3) is 4.77. The molecule has 254 valence electrons. The van der Waals surface area contributed by atoms with Crippen LogP contribution >= 0.6 is 0 Å². The number of aromatic nitrogens is 3. The molecule has 2 heterocycles. The van der Waals surface area contributed by atoms with Crippen LogP contribution in [0.2, 0.25) is 0 Å². The van der Waals surface area contributed by atoms with Crippen LogP contribution in [0, 0.1) is 0 Å². The fourth-order valence-electron chi connectivity index (χ4n) is 8.58. The number of rotatable bonds is 4. The molecule has 10 aromatic rings. The summed E-state index contributed by atoms with van der Waals surface area (Å²) < 4.78 is 2.93. The van der Waals surface area contributed by atoms with Gasteiger partial charge in [0, 0.05) is 5.41 Å². The topological polar surface area (TPSA) is 38.7 Å². The summed E-state index contributed by atoms with van der Waals surface area (Å²) in [5, 5.41) is 7.81. The van der Waals surface area contributed by atoms with Crippen LogP contribution in [0.15, 0.2) is 164 Å². The van der Waals surface area contributed by atoms with Crippen LogP contribution < -0.4 is 0 Å². The Balaban J connectivity index is 1.08. The summed E-state index contributed by atoms with van der Waals surface area (Å²) >= 11 is 0.170. The summed E-state index contributed by atoms with van der Waals surface area (Å²) in [7, 11) is 0. The van der Waals surface area contributed by atoms with Gasteiger partial charge in [-0.05, 0) is 16.7 Å². The van der Waals surface area contributed by atoms with Gasteiger partial charge in [0.05, 0.1) is 0 Å². The molecule has 0 unspecified atom stereocenters. The van der Waals surface area contributed by atoms with Crippen LogP contribution in [0.25, 0.3) is 97.3 Å². The summed E-state index contributed by atoms with van der Waals surface area (Å²) in [6, 6.07) is 59.2. The Morgan fingerprint density at radius 3 is 1.76 bits per heavy atom. The Labute approximate surface area is 319 Å². The second-order valence-corrected chi connectivity index (χ2v) is 16.9. The summed E-state index contributed by atoms with van der Waals surface area (Å²) in [6.07, 6.45) is 0. The number of hydrogen-bond donors (Lipinski definition) is 0. The van der Waals surface area contributed by atoms with Crippen LogP contribution in [0.3, 0.4) is 0 Å². The molecule has 54 heavy (non-hydrogen) atoms. The molecule has 2 aromatic heterocycles. The molecule has 0 bridgehead atoms. The molecule has 8 aromatic carbocycles. The maximum atomic E-state index is 5.20. The predicted octanol–water partition coefficient (Wildman–Crippen LogP) is 12.5. The molecule has 0 amide bonds. The zero-order valence-corrected chi connectivity index (χ0v) is 31.6. The van der Waals surface area contributed by atoms with Crippen LogP contribution in [-0.4, -0.2) is 29.5 Å². The SMILES string of the molecule is CC1(C)c2ccccc2-c2ccc(-c3nc(-c4ccccc4)nc(-c4ccc5c(ccc6ccc7c8cccc(-c9ccccc9)c8[se]c7c65)c4)n3)cc21. The first kappa shape index (κ1) is 31.3. The van der Waals surface area contributed by atoms with E-state index in [1.165, 1.54) is 74.2 Å². The van der Waals surface area contributed by atoms with E-state index in [-0.39, 0.29) is 19.9 Å². The van der Waals surface area contributed by atoms with Gasteiger partial charge in [0.15, 0.2) is 0 Å². The first-order valence-electron chi connectivity index (χ1n) is 18.4. The molecule has 0 saturated heterocycles. The Hall–Kier alpha value is -6.19. The van der Waals surface area contributed by atoms with Crippen LogP contribution in [0.4, 0.5) is 0 Å². The minimum absolute atomic E-state index is 0.118. The molecule has 4 heteroatoms. The van der Waals surface area contributed by atoms with Crippen molar-refractivity contribution in [3.63, 3.8) is 0 Å². The van der Waals surface area contributed by atoms with Gasteiger partial charge in [0.2, 0.25) is 0 Å². The van der Waals surface area contributed by atoms with E-state index in [4.69, 9.17) is 15.0 Å². The molecule has 1 aliphatic rings. The maximum absolute atomic E-state index is 5.20. The van der Waals surface area contributed by atoms with Crippen molar-refractivity contribution in [2.45, 2.75) is 19.3 Å². The van der Waals surface area contributed by atoms with E-state index in [1.807, 2.05) is 18.2 Å². The summed E-state index contributed by atoms with van der Waals surface area (Å²) in [4.78, 5) is 15.4. The van der Waals surface area contributed by atoms with E-state index in [0.717, 1.165) is 16.7 Å². The molecule has 11 rings (SSSR count). The van der Waals surface area contributed by atoms with Crippen LogP contribution in [0.5, 0.6) is 0 Å². The summed E-state index contributed by atoms with van der Waals surface area (Å²) in [6.45, 7) is 4.62. The van der Waals surface area contributed by atoms with E-state index >= 15 is 0 Å². The third-order valence-electron chi connectivity index (χ3n) is 11.3. The first-order valence-corrected chi connectivity index (χ1v) is 20.2. The number of hydrogen-bond acceptors (Lipinski definition) is 3. The summed E-state index contributed by atoms with van der Waals surface area (Å²) in [5.41, 5.74) is 10.7. The van der Waals surface area contributed by atoms with Crippen molar-refractivity contribution in [2.75, 3.05) is 0 Å². The van der Waals surface area contributed by atoms with Crippen LogP contribution in [0.1, 0.15) is 25.0 Å².